The highest BCUT2D eigenvalue weighted by Crippen LogP contribution is 2.44. The first-order chi connectivity index (χ1) is 18.1. The van der Waals surface area contributed by atoms with E-state index < -0.39 is 5.82 Å². The van der Waals surface area contributed by atoms with Crippen molar-refractivity contribution in [2.75, 3.05) is 51.8 Å². The Morgan fingerprint density at radius 3 is 3.08 bits per heavy atom. The molecule has 37 heavy (non-hydrogen) atoms. The average Bonchev–Trinajstić information content (AvgIpc) is 3.29. The summed E-state index contributed by atoms with van der Waals surface area (Å²) in [5.74, 6) is 0.0907. The number of para-hydroxylation sites is 1. The fourth-order valence-electron chi connectivity index (χ4n) is 5.52. The third-order valence-corrected chi connectivity index (χ3v) is 7.33. The number of H-pyrrole nitrogens is 1. The molecule has 6 rings (SSSR count). The normalized spacial score (nSPS) is 23.2. The molecule has 3 aliphatic rings. The number of morpholine rings is 1. The lowest BCUT2D eigenvalue weighted by Gasteiger charge is -2.33. The number of methoxy groups -OCH3 is 1. The minimum atomic E-state index is -0.492. The molecule has 0 aliphatic carbocycles. The third kappa shape index (κ3) is 4.51. The SMILES string of the molecule is COc1c(F)cccc1Nc1c2[nH]c3c1C(=O)NCC3CCCN1CCO[C@H](COc3cnccc3-2)C1. The summed E-state index contributed by atoms with van der Waals surface area (Å²) in [4.78, 5) is 23.5. The predicted molar refractivity (Wildman–Crippen MR) is 136 cm³/mol. The first-order valence-electron chi connectivity index (χ1n) is 12.7. The largest absolute Gasteiger partial charge is 0.492 e. The Bertz CT molecular complexity index is 1310. The molecule has 9 nitrogen and oxygen atoms in total. The van der Waals surface area contributed by atoms with Crippen molar-refractivity contribution >= 4 is 17.3 Å². The summed E-state index contributed by atoms with van der Waals surface area (Å²) in [5.41, 5.74) is 3.79. The molecule has 0 radical (unpaired) electrons. The van der Waals surface area contributed by atoms with Crippen LogP contribution in [0.1, 0.15) is 34.8 Å². The topological polar surface area (TPSA) is 101 Å². The standard InChI is InChI=1S/C27H30FN5O4/c1-35-26-19(28)5-2-6-20(26)31-25-22-23-16(12-30-27(22)34)4-3-9-33-10-11-36-17(14-33)15-37-21-13-29-8-7-18(21)24(25)32-23/h2,5-8,13,16-17,31-32H,3-4,9-12,14-15H2,1H3,(H,30,34)/t16?,17-/m0/s1. The lowest BCUT2D eigenvalue weighted by atomic mass is 9.92. The highest BCUT2D eigenvalue weighted by Gasteiger charge is 2.34. The smallest absolute Gasteiger partial charge is 0.255 e. The Balaban J connectivity index is 1.50. The molecule has 3 N–H and O–H groups in total. The molecule has 0 spiro atoms. The number of aromatic amines is 1. The maximum Gasteiger partial charge on any atom is 0.255 e. The predicted octanol–water partition coefficient (Wildman–Crippen LogP) is 3.67. The summed E-state index contributed by atoms with van der Waals surface area (Å²) in [7, 11) is 1.42. The van der Waals surface area contributed by atoms with Crippen molar-refractivity contribution in [3.05, 3.63) is 53.7 Å². The van der Waals surface area contributed by atoms with Crippen LogP contribution in [-0.4, -0.2) is 73.4 Å². The van der Waals surface area contributed by atoms with E-state index in [1.807, 2.05) is 6.07 Å². The van der Waals surface area contributed by atoms with E-state index in [1.54, 1.807) is 24.5 Å². The molecule has 4 bridgehead atoms. The number of carbonyl (C=O) groups is 1. The van der Waals surface area contributed by atoms with Crippen molar-refractivity contribution in [3.63, 3.8) is 0 Å². The molecule has 0 saturated carbocycles. The van der Waals surface area contributed by atoms with Crippen LogP contribution in [0, 0.1) is 5.82 Å². The van der Waals surface area contributed by atoms with Crippen LogP contribution in [0.2, 0.25) is 0 Å². The summed E-state index contributed by atoms with van der Waals surface area (Å²) in [6.45, 7) is 4.30. The van der Waals surface area contributed by atoms with Gasteiger partial charge in [0, 0.05) is 43.0 Å². The molecule has 1 fully saturated rings. The highest BCUT2D eigenvalue weighted by atomic mass is 19.1. The average molecular weight is 508 g/mol. The third-order valence-electron chi connectivity index (χ3n) is 7.33. The van der Waals surface area contributed by atoms with Crippen molar-refractivity contribution in [2.24, 2.45) is 0 Å². The first kappa shape index (κ1) is 23.7. The fourth-order valence-corrected chi connectivity index (χ4v) is 5.52. The van der Waals surface area contributed by atoms with Crippen molar-refractivity contribution in [1.82, 2.24) is 20.2 Å². The van der Waals surface area contributed by atoms with Crippen LogP contribution in [0.4, 0.5) is 15.8 Å². The highest BCUT2D eigenvalue weighted by molar-refractivity contribution is 6.07. The van der Waals surface area contributed by atoms with Gasteiger partial charge >= 0.3 is 0 Å². The van der Waals surface area contributed by atoms with Gasteiger partial charge in [-0.3, -0.25) is 14.7 Å². The number of aromatic nitrogens is 2. The molecule has 3 aliphatic heterocycles. The summed E-state index contributed by atoms with van der Waals surface area (Å²) in [6, 6.07) is 6.52. The maximum atomic E-state index is 14.5. The van der Waals surface area contributed by atoms with Crippen molar-refractivity contribution in [1.29, 1.82) is 0 Å². The molecule has 1 saturated heterocycles. The number of hydrogen-bond donors (Lipinski definition) is 3. The maximum absolute atomic E-state index is 14.5. The zero-order valence-electron chi connectivity index (χ0n) is 20.7. The van der Waals surface area contributed by atoms with Gasteiger partial charge in [-0.25, -0.2) is 4.39 Å². The van der Waals surface area contributed by atoms with Gasteiger partial charge < -0.3 is 29.8 Å². The van der Waals surface area contributed by atoms with Crippen LogP contribution in [-0.2, 0) is 4.74 Å². The number of nitrogens with zero attached hydrogens (tertiary/aromatic N) is 2. The van der Waals surface area contributed by atoms with Gasteiger partial charge in [-0.1, -0.05) is 6.07 Å². The summed E-state index contributed by atoms with van der Waals surface area (Å²) in [5, 5.41) is 6.38. The van der Waals surface area contributed by atoms with E-state index in [2.05, 4.69) is 25.5 Å². The van der Waals surface area contributed by atoms with E-state index in [4.69, 9.17) is 14.2 Å². The van der Waals surface area contributed by atoms with Gasteiger partial charge in [0.15, 0.2) is 11.6 Å². The Labute approximate surface area is 214 Å². The van der Waals surface area contributed by atoms with E-state index in [0.717, 1.165) is 43.7 Å². The molecule has 5 heterocycles. The van der Waals surface area contributed by atoms with Gasteiger partial charge in [0.25, 0.3) is 5.91 Å². The second kappa shape index (κ2) is 10.0. The lowest BCUT2D eigenvalue weighted by molar-refractivity contribution is -0.0482. The van der Waals surface area contributed by atoms with E-state index in [-0.39, 0.29) is 23.7 Å². The van der Waals surface area contributed by atoms with Crippen LogP contribution >= 0.6 is 0 Å². The molecular formula is C27H30FN5O4. The fraction of sp³-hybridized carbons (Fsp3) is 0.407. The van der Waals surface area contributed by atoms with E-state index in [1.165, 1.54) is 13.2 Å². The second-order valence-electron chi connectivity index (χ2n) is 9.63. The number of halogens is 1. The van der Waals surface area contributed by atoms with Crippen LogP contribution in [0.15, 0.2) is 36.7 Å². The molecule has 1 amide bonds. The monoisotopic (exact) mass is 507 g/mol. The zero-order chi connectivity index (χ0) is 25.4. The van der Waals surface area contributed by atoms with Crippen molar-refractivity contribution < 1.29 is 23.4 Å². The van der Waals surface area contributed by atoms with Gasteiger partial charge in [0.2, 0.25) is 0 Å². The summed E-state index contributed by atoms with van der Waals surface area (Å²) in [6.07, 6.45) is 5.23. The molecule has 194 valence electrons. The number of pyridine rings is 1. The number of nitrogens with one attached hydrogen (secondary N) is 3. The molecule has 3 aromatic rings. The number of hydrogen-bond acceptors (Lipinski definition) is 7. The van der Waals surface area contributed by atoms with Crippen LogP contribution in [0.3, 0.4) is 0 Å². The van der Waals surface area contributed by atoms with Crippen molar-refractivity contribution in [2.45, 2.75) is 24.9 Å². The Hall–Kier alpha value is -3.63. The minimum Gasteiger partial charge on any atom is -0.492 e. The van der Waals surface area contributed by atoms with E-state index in [0.29, 0.717) is 48.1 Å². The number of rotatable bonds is 3. The second-order valence-corrected chi connectivity index (χ2v) is 9.63. The number of anilines is 2. The molecule has 3 atom stereocenters. The number of fused-ring (bicyclic) bond motifs is 5. The van der Waals surface area contributed by atoms with Crippen molar-refractivity contribution in [3.8, 4) is 22.8 Å². The lowest BCUT2D eigenvalue weighted by Crippen LogP contribution is -2.45. The van der Waals surface area contributed by atoms with Gasteiger partial charge in [-0.2, -0.15) is 0 Å². The van der Waals surface area contributed by atoms with E-state index >= 15 is 0 Å². The Morgan fingerprint density at radius 1 is 1.27 bits per heavy atom. The van der Waals surface area contributed by atoms with Gasteiger partial charge in [-0.05, 0) is 37.6 Å². The van der Waals surface area contributed by atoms with Gasteiger partial charge in [0.05, 0.1) is 42.5 Å². The van der Waals surface area contributed by atoms with Crippen LogP contribution in [0.5, 0.6) is 11.5 Å². The molecular weight excluding hydrogens is 477 g/mol. The van der Waals surface area contributed by atoms with E-state index in [9.17, 15) is 9.18 Å². The van der Waals surface area contributed by atoms with Gasteiger partial charge in [-0.15, -0.1) is 0 Å². The number of ether oxygens (including phenoxy) is 3. The molecule has 10 heteroatoms. The summed E-state index contributed by atoms with van der Waals surface area (Å²) >= 11 is 0. The number of carbonyl (C=O) groups excluding carboxylic acids is 1. The van der Waals surface area contributed by atoms with Gasteiger partial charge in [0.1, 0.15) is 18.5 Å². The first-order valence-corrected chi connectivity index (χ1v) is 12.7. The Morgan fingerprint density at radius 2 is 2.19 bits per heavy atom. The Kier molecular flexibility index (Phi) is 6.43. The zero-order valence-corrected chi connectivity index (χ0v) is 20.7. The van der Waals surface area contributed by atoms with Crippen LogP contribution in [0.25, 0.3) is 11.3 Å². The van der Waals surface area contributed by atoms with Crippen LogP contribution < -0.4 is 20.1 Å². The number of benzene rings is 1. The molecule has 1 aromatic carbocycles. The molecule has 2 aromatic heterocycles. The number of amides is 1. The molecule has 2 unspecified atom stereocenters. The minimum absolute atomic E-state index is 0.0385. The quantitative estimate of drug-likeness (QED) is 0.497. The summed E-state index contributed by atoms with van der Waals surface area (Å²) < 4.78 is 32.1.